The normalized spacial score (nSPS) is 22.5. The fraction of sp³-hybridized carbons (Fsp3) is 0.733. The van der Waals surface area contributed by atoms with Crippen LogP contribution in [-0.4, -0.2) is 30.6 Å². The van der Waals surface area contributed by atoms with Gasteiger partial charge in [0.25, 0.3) is 0 Å². The van der Waals surface area contributed by atoms with E-state index in [1.807, 2.05) is 6.92 Å². The molecule has 0 radical (unpaired) electrons. The second-order valence-electron chi connectivity index (χ2n) is 5.91. The van der Waals surface area contributed by atoms with Crippen LogP contribution in [0.1, 0.15) is 37.2 Å². The highest BCUT2D eigenvalue weighted by molar-refractivity contribution is 5.05. The lowest BCUT2D eigenvalue weighted by molar-refractivity contribution is 0.178. The smallest absolute Gasteiger partial charge is 0.118 e. The van der Waals surface area contributed by atoms with Crippen LogP contribution in [-0.2, 0) is 6.54 Å². The van der Waals surface area contributed by atoms with Gasteiger partial charge in [0, 0.05) is 19.1 Å². The van der Waals surface area contributed by atoms with Crippen molar-refractivity contribution in [3.63, 3.8) is 0 Å². The molecular formula is C15H24N2O. The average Bonchev–Trinajstić information content (AvgIpc) is 3.12. The van der Waals surface area contributed by atoms with Crippen molar-refractivity contribution in [1.29, 1.82) is 0 Å². The monoisotopic (exact) mass is 248 g/mol. The Balaban J connectivity index is 1.39. The molecular weight excluding hydrogens is 224 g/mol. The third kappa shape index (κ3) is 3.36. The van der Waals surface area contributed by atoms with E-state index in [9.17, 15) is 0 Å². The molecule has 1 saturated heterocycles. The van der Waals surface area contributed by atoms with Gasteiger partial charge in [0.05, 0.1) is 6.54 Å². The molecule has 2 heterocycles. The summed E-state index contributed by atoms with van der Waals surface area (Å²) in [6, 6.07) is 4.91. The van der Waals surface area contributed by atoms with Crippen LogP contribution in [0.15, 0.2) is 16.5 Å². The standard InChI is InChI=1S/C15H24N2O/c1-12-2-5-15(18-12)11-17-8-6-14(7-9-17)16-10-13-3-4-13/h2,5,13-14,16H,3-4,6-11H2,1H3. The number of aryl methyl sites for hydroxylation is 1. The molecule has 0 amide bonds. The second kappa shape index (κ2) is 5.45. The van der Waals surface area contributed by atoms with Crippen molar-refractivity contribution < 1.29 is 4.42 Å². The van der Waals surface area contributed by atoms with Crippen LogP contribution >= 0.6 is 0 Å². The number of hydrogen-bond donors (Lipinski definition) is 1. The van der Waals surface area contributed by atoms with Crippen molar-refractivity contribution in [2.24, 2.45) is 5.92 Å². The number of furan rings is 1. The van der Waals surface area contributed by atoms with E-state index >= 15 is 0 Å². The van der Waals surface area contributed by atoms with Crippen molar-refractivity contribution in [2.75, 3.05) is 19.6 Å². The van der Waals surface area contributed by atoms with Gasteiger partial charge in [-0.05, 0) is 57.2 Å². The largest absolute Gasteiger partial charge is 0.465 e. The van der Waals surface area contributed by atoms with Crippen LogP contribution < -0.4 is 5.32 Å². The van der Waals surface area contributed by atoms with Crippen molar-refractivity contribution in [3.05, 3.63) is 23.7 Å². The summed E-state index contributed by atoms with van der Waals surface area (Å²) in [4.78, 5) is 2.51. The maximum atomic E-state index is 5.64. The number of likely N-dealkylation sites (tertiary alicyclic amines) is 1. The molecule has 1 N–H and O–H groups in total. The minimum atomic E-state index is 0.750. The Bertz CT molecular complexity index is 376. The van der Waals surface area contributed by atoms with Crippen molar-refractivity contribution in [2.45, 2.75) is 45.2 Å². The fourth-order valence-corrected chi connectivity index (χ4v) is 2.74. The molecule has 0 atom stereocenters. The molecule has 0 spiro atoms. The molecule has 100 valence electrons. The van der Waals surface area contributed by atoms with Crippen molar-refractivity contribution >= 4 is 0 Å². The van der Waals surface area contributed by atoms with E-state index in [4.69, 9.17) is 4.42 Å². The molecule has 1 aromatic heterocycles. The summed E-state index contributed by atoms with van der Waals surface area (Å²) < 4.78 is 5.64. The van der Waals surface area contributed by atoms with E-state index in [0.29, 0.717) is 0 Å². The summed E-state index contributed by atoms with van der Waals surface area (Å²) in [5.74, 6) is 3.12. The minimum absolute atomic E-state index is 0.750. The van der Waals surface area contributed by atoms with E-state index < -0.39 is 0 Å². The summed E-state index contributed by atoms with van der Waals surface area (Å²) >= 11 is 0. The molecule has 0 unspecified atom stereocenters. The summed E-state index contributed by atoms with van der Waals surface area (Å²) in [5.41, 5.74) is 0. The van der Waals surface area contributed by atoms with Gasteiger partial charge in [-0.2, -0.15) is 0 Å². The number of nitrogens with one attached hydrogen (secondary N) is 1. The van der Waals surface area contributed by atoms with Gasteiger partial charge in [-0.25, -0.2) is 0 Å². The van der Waals surface area contributed by atoms with Gasteiger partial charge >= 0.3 is 0 Å². The van der Waals surface area contributed by atoms with Crippen LogP contribution in [0.3, 0.4) is 0 Å². The van der Waals surface area contributed by atoms with Gasteiger partial charge in [-0.15, -0.1) is 0 Å². The first-order valence-corrected chi connectivity index (χ1v) is 7.30. The molecule has 1 saturated carbocycles. The van der Waals surface area contributed by atoms with E-state index in [0.717, 1.165) is 30.0 Å². The van der Waals surface area contributed by atoms with E-state index in [1.54, 1.807) is 0 Å². The fourth-order valence-electron chi connectivity index (χ4n) is 2.74. The summed E-state index contributed by atoms with van der Waals surface area (Å²) in [6.45, 7) is 6.63. The first kappa shape index (κ1) is 12.2. The molecule has 3 nitrogen and oxygen atoms in total. The summed E-state index contributed by atoms with van der Waals surface area (Å²) in [7, 11) is 0. The predicted octanol–water partition coefficient (Wildman–Crippen LogP) is 2.55. The minimum Gasteiger partial charge on any atom is -0.465 e. The number of rotatable bonds is 5. The molecule has 2 aliphatic rings. The number of hydrogen-bond acceptors (Lipinski definition) is 3. The maximum Gasteiger partial charge on any atom is 0.118 e. The highest BCUT2D eigenvalue weighted by atomic mass is 16.3. The molecule has 1 aromatic rings. The Morgan fingerprint density at radius 1 is 1.22 bits per heavy atom. The summed E-state index contributed by atoms with van der Waals surface area (Å²) in [6.07, 6.45) is 5.46. The Kier molecular flexibility index (Phi) is 3.71. The molecule has 0 aromatic carbocycles. The SMILES string of the molecule is Cc1ccc(CN2CCC(NCC3CC3)CC2)o1. The lowest BCUT2D eigenvalue weighted by atomic mass is 10.0. The van der Waals surface area contributed by atoms with E-state index in [-0.39, 0.29) is 0 Å². The van der Waals surface area contributed by atoms with Gasteiger partial charge in [0.15, 0.2) is 0 Å². The van der Waals surface area contributed by atoms with Crippen molar-refractivity contribution in [3.8, 4) is 0 Å². The third-order valence-electron chi connectivity index (χ3n) is 4.16. The quantitative estimate of drug-likeness (QED) is 0.868. The zero-order valence-electron chi connectivity index (χ0n) is 11.3. The Labute approximate surface area is 110 Å². The second-order valence-corrected chi connectivity index (χ2v) is 5.91. The zero-order valence-corrected chi connectivity index (χ0v) is 11.3. The molecule has 3 heteroatoms. The van der Waals surface area contributed by atoms with Crippen LogP contribution in [0.2, 0.25) is 0 Å². The van der Waals surface area contributed by atoms with Crippen molar-refractivity contribution in [1.82, 2.24) is 10.2 Å². The van der Waals surface area contributed by atoms with Gasteiger partial charge in [0.1, 0.15) is 11.5 Å². The summed E-state index contributed by atoms with van der Waals surface area (Å²) in [5, 5.41) is 3.72. The average molecular weight is 248 g/mol. The van der Waals surface area contributed by atoms with Gasteiger partial charge in [-0.1, -0.05) is 0 Å². The molecule has 0 bridgehead atoms. The van der Waals surface area contributed by atoms with Crippen LogP contribution in [0.4, 0.5) is 0 Å². The molecule has 3 rings (SSSR count). The maximum absolute atomic E-state index is 5.64. The van der Waals surface area contributed by atoms with Gasteiger partial charge < -0.3 is 9.73 Å². The number of piperidine rings is 1. The molecule has 1 aliphatic heterocycles. The number of nitrogens with zero attached hydrogens (tertiary/aromatic N) is 1. The Hall–Kier alpha value is -0.800. The predicted molar refractivity (Wildman–Crippen MR) is 72.5 cm³/mol. The molecule has 2 fully saturated rings. The lowest BCUT2D eigenvalue weighted by Gasteiger charge is -2.31. The van der Waals surface area contributed by atoms with Gasteiger partial charge in [0.2, 0.25) is 0 Å². The first-order valence-electron chi connectivity index (χ1n) is 7.30. The topological polar surface area (TPSA) is 28.4 Å². The van der Waals surface area contributed by atoms with Crippen LogP contribution in [0.5, 0.6) is 0 Å². The van der Waals surface area contributed by atoms with Gasteiger partial charge in [-0.3, -0.25) is 4.90 Å². The Morgan fingerprint density at radius 3 is 2.61 bits per heavy atom. The van der Waals surface area contributed by atoms with Crippen LogP contribution in [0.25, 0.3) is 0 Å². The molecule has 18 heavy (non-hydrogen) atoms. The Morgan fingerprint density at radius 2 is 2.00 bits per heavy atom. The lowest BCUT2D eigenvalue weighted by Crippen LogP contribution is -2.42. The molecule has 1 aliphatic carbocycles. The van der Waals surface area contributed by atoms with E-state index in [1.165, 1.54) is 45.3 Å². The van der Waals surface area contributed by atoms with E-state index in [2.05, 4.69) is 22.3 Å². The highest BCUT2D eigenvalue weighted by Gasteiger charge is 2.24. The first-order chi connectivity index (χ1) is 8.79. The van der Waals surface area contributed by atoms with Crippen LogP contribution in [0, 0.1) is 12.8 Å². The highest BCUT2D eigenvalue weighted by Crippen LogP contribution is 2.28. The zero-order chi connectivity index (χ0) is 12.4. The third-order valence-corrected chi connectivity index (χ3v) is 4.16.